The Hall–Kier alpha value is -1.61. The van der Waals surface area contributed by atoms with Gasteiger partial charge in [-0.15, -0.1) is 0 Å². The Morgan fingerprint density at radius 3 is 2.50 bits per heavy atom. The molecule has 0 aliphatic rings. The number of hydrogen-bond donors (Lipinski definition) is 1. The Balaban J connectivity index is 2.33. The van der Waals surface area contributed by atoms with Crippen molar-refractivity contribution in [1.82, 2.24) is 10.3 Å². The van der Waals surface area contributed by atoms with Crippen molar-refractivity contribution in [2.45, 2.75) is 46.2 Å². The third-order valence-electron chi connectivity index (χ3n) is 3.09. The van der Waals surface area contributed by atoms with E-state index in [4.69, 9.17) is 4.74 Å². The van der Waals surface area contributed by atoms with Crippen LogP contribution in [0.2, 0.25) is 0 Å². The molecule has 0 aliphatic heterocycles. The summed E-state index contributed by atoms with van der Waals surface area (Å²) in [5.74, 6) is 0.738. The van der Waals surface area contributed by atoms with Crippen molar-refractivity contribution < 1.29 is 4.74 Å². The lowest BCUT2D eigenvalue weighted by Gasteiger charge is -2.21. The summed E-state index contributed by atoms with van der Waals surface area (Å²) >= 11 is 0. The molecule has 0 saturated carbocycles. The predicted molar refractivity (Wildman–Crippen MR) is 84.1 cm³/mol. The van der Waals surface area contributed by atoms with Crippen molar-refractivity contribution in [2.75, 3.05) is 6.61 Å². The second-order valence-corrected chi connectivity index (χ2v) is 6.09. The molecule has 2 rings (SSSR count). The van der Waals surface area contributed by atoms with Gasteiger partial charge in [0.25, 0.3) is 0 Å². The Morgan fingerprint density at radius 1 is 1.15 bits per heavy atom. The molecule has 3 nitrogen and oxygen atoms in total. The van der Waals surface area contributed by atoms with Crippen molar-refractivity contribution in [3.63, 3.8) is 0 Å². The summed E-state index contributed by atoms with van der Waals surface area (Å²) in [4.78, 5) is 4.48. The van der Waals surface area contributed by atoms with Crippen molar-refractivity contribution in [2.24, 2.45) is 0 Å². The highest BCUT2D eigenvalue weighted by atomic mass is 16.5. The van der Waals surface area contributed by atoms with E-state index in [1.807, 2.05) is 12.3 Å². The molecular weight excluding hydrogens is 248 g/mol. The van der Waals surface area contributed by atoms with Crippen LogP contribution in [0, 0.1) is 0 Å². The van der Waals surface area contributed by atoms with E-state index in [1.165, 1.54) is 10.9 Å². The number of nitrogens with zero attached hydrogens (tertiary/aromatic N) is 1. The molecule has 0 fully saturated rings. The molecule has 1 aromatic carbocycles. The number of fused-ring (bicyclic) bond motifs is 1. The third-order valence-corrected chi connectivity index (χ3v) is 3.09. The number of benzene rings is 1. The molecular formula is C17H24N2O. The minimum Gasteiger partial charge on any atom is -0.477 e. The lowest BCUT2D eigenvalue weighted by molar-refractivity contribution is 0.309. The second-order valence-electron chi connectivity index (χ2n) is 6.09. The molecule has 3 heteroatoms. The minimum atomic E-state index is 0.0957. The van der Waals surface area contributed by atoms with Crippen LogP contribution in [0.4, 0.5) is 0 Å². The zero-order valence-corrected chi connectivity index (χ0v) is 12.9. The van der Waals surface area contributed by atoms with Crippen LogP contribution in [0.15, 0.2) is 30.5 Å². The number of rotatable bonds is 5. The van der Waals surface area contributed by atoms with E-state index >= 15 is 0 Å². The molecule has 0 unspecified atom stereocenters. The van der Waals surface area contributed by atoms with Crippen molar-refractivity contribution in [1.29, 1.82) is 0 Å². The summed E-state index contributed by atoms with van der Waals surface area (Å²) in [6, 6.07) is 8.31. The third kappa shape index (κ3) is 3.70. The molecule has 0 spiro atoms. The van der Waals surface area contributed by atoms with Gasteiger partial charge in [-0.3, -0.25) is 0 Å². The van der Waals surface area contributed by atoms with Gasteiger partial charge in [0, 0.05) is 23.7 Å². The molecule has 0 saturated heterocycles. The van der Waals surface area contributed by atoms with E-state index in [-0.39, 0.29) is 5.54 Å². The quantitative estimate of drug-likeness (QED) is 0.896. The maximum atomic E-state index is 5.74. The minimum absolute atomic E-state index is 0.0957. The topological polar surface area (TPSA) is 34.1 Å². The fourth-order valence-electron chi connectivity index (χ4n) is 2.04. The Kier molecular flexibility index (Phi) is 4.61. The first kappa shape index (κ1) is 14.8. The smallest absolute Gasteiger partial charge is 0.221 e. The van der Waals surface area contributed by atoms with Gasteiger partial charge >= 0.3 is 0 Å². The fourth-order valence-corrected chi connectivity index (χ4v) is 2.04. The number of ether oxygens (including phenoxy) is 1. The molecule has 1 aromatic heterocycles. The van der Waals surface area contributed by atoms with E-state index in [9.17, 15) is 0 Å². The van der Waals surface area contributed by atoms with Gasteiger partial charge in [-0.25, -0.2) is 4.98 Å². The summed E-state index contributed by atoms with van der Waals surface area (Å²) in [5.41, 5.74) is 1.30. The SMILES string of the molecule is CCCOc1ncc(CNC(C)(C)C)c2ccccc12. The molecule has 0 atom stereocenters. The van der Waals surface area contributed by atoms with Crippen LogP contribution in [-0.2, 0) is 6.54 Å². The highest BCUT2D eigenvalue weighted by Crippen LogP contribution is 2.26. The monoisotopic (exact) mass is 272 g/mol. The van der Waals surface area contributed by atoms with Gasteiger partial charge in [-0.1, -0.05) is 25.1 Å². The molecule has 2 aromatic rings. The first-order valence-electron chi connectivity index (χ1n) is 7.25. The van der Waals surface area contributed by atoms with Gasteiger partial charge < -0.3 is 10.1 Å². The van der Waals surface area contributed by atoms with Crippen LogP contribution in [0.3, 0.4) is 0 Å². The first-order chi connectivity index (χ1) is 9.51. The van der Waals surface area contributed by atoms with Gasteiger partial charge in [0.15, 0.2) is 0 Å². The molecule has 0 amide bonds. The van der Waals surface area contributed by atoms with E-state index in [2.05, 4.69) is 56.2 Å². The van der Waals surface area contributed by atoms with Gasteiger partial charge in [-0.2, -0.15) is 0 Å². The number of aromatic nitrogens is 1. The Morgan fingerprint density at radius 2 is 1.85 bits per heavy atom. The molecule has 1 heterocycles. The summed E-state index contributed by atoms with van der Waals surface area (Å²) in [5, 5.41) is 5.82. The Labute approximate surface area is 121 Å². The Bertz CT molecular complexity index is 573. The van der Waals surface area contributed by atoms with Gasteiger partial charge in [0.1, 0.15) is 0 Å². The highest BCUT2D eigenvalue weighted by molar-refractivity contribution is 5.89. The second kappa shape index (κ2) is 6.23. The summed E-state index contributed by atoms with van der Waals surface area (Å²) < 4.78 is 5.74. The van der Waals surface area contributed by atoms with Gasteiger partial charge in [-0.05, 0) is 44.2 Å². The number of pyridine rings is 1. The van der Waals surface area contributed by atoms with Gasteiger partial charge in [0.2, 0.25) is 5.88 Å². The normalized spacial score (nSPS) is 11.8. The van der Waals surface area contributed by atoms with Crippen LogP contribution in [0.25, 0.3) is 10.8 Å². The summed E-state index contributed by atoms with van der Waals surface area (Å²) in [6.07, 6.45) is 2.91. The molecule has 20 heavy (non-hydrogen) atoms. The summed E-state index contributed by atoms with van der Waals surface area (Å²) in [6.45, 7) is 10.1. The first-order valence-corrected chi connectivity index (χ1v) is 7.25. The lowest BCUT2D eigenvalue weighted by Crippen LogP contribution is -2.35. The molecule has 0 aliphatic carbocycles. The standard InChI is InChI=1S/C17H24N2O/c1-5-10-20-16-15-9-7-6-8-14(15)13(11-18-16)12-19-17(2,3)4/h6-9,11,19H,5,10,12H2,1-4H3. The summed E-state index contributed by atoms with van der Waals surface area (Å²) in [7, 11) is 0. The average molecular weight is 272 g/mol. The fraction of sp³-hybridized carbons (Fsp3) is 0.471. The predicted octanol–water partition coefficient (Wildman–Crippen LogP) is 3.91. The highest BCUT2D eigenvalue weighted by Gasteiger charge is 2.12. The molecule has 0 radical (unpaired) electrons. The maximum Gasteiger partial charge on any atom is 0.221 e. The van der Waals surface area contributed by atoms with Crippen molar-refractivity contribution in [3.8, 4) is 5.88 Å². The van der Waals surface area contributed by atoms with Crippen LogP contribution >= 0.6 is 0 Å². The molecule has 108 valence electrons. The van der Waals surface area contributed by atoms with Crippen LogP contribution in [-0.4, -0.2) is 17.1 Å². The number of nitrogens with one attached hydrogen (secondary N) is 1. The van der Waals surface area contributed by atoms with E-state index in [1.54, 1.807) is 0 Å². The largest absolute Gasteiger partial charge is 0.477 e. The van der Waals surface area contributed by atoms with E-state index < -0.39 is 0 Å². The maximum absolute atomic E-state index is 5.74. The van der Waals surface area contributed by atoms with Crippen LogP contribution in [0.5, 0.6) is 5.88 Å². The number of hydrogen-bond acceptors (Lipinski definition) is 3. The van der Waals surface area contributed by atoms with Gasteiger partial charge in [0.05, 0.1) is 6.61 Å². The zero-order chi connectivity index (χ0) is 14.6. The van der Waals surface area contributed by atoms with Crippen LogP contribution in [0.1, 0.15) is 39.7 Å². The molecule has 1 N–H and O–H groups in total. The zero-order valence-electron chi connectivity index (χ0n) is 12.9. The van der Waals surface area contributed by atoms with Crippen LogP contribution < -0.4 is 10.1 Å². The average Bonchev–Trinajstić information content (AvgIpc) is 2.42. The van der Waals surface area contributed by atoms with Crippen molar-refractivity contribution in [3.05, 3.63) is 36.0 Å². The lowest BCUT2D eigenvalue weighted by atomic mass is 10.1. The van der Waals surface area contributed by atoms with Crippen molar-refractivity contribution >= 4 is 10.8 Å². The van der Waals surface area contributed by atoms with E-state index in [0.29, 0.717) is 6.61 Å². The van der Waals surface area contributed by atoms with E-state index in [0.717, 1.165) is 24.2 Å². The molecule has 0 bridgehead atoms.